The Balaban J connectivity index is 1.43. The Morgan fingerprint density at radius 1 is 1.32 bits per heavy atom. The van der Waals surface area contributed by atoms with E-state index in [-0.39, 0.29) is 5.91 Å². The van der Waals surface area contributed by atoms with Crippen LogP contribution in [0.5, 0.6) is 0 Å². The molecule has 1 fully saturated rings. The minimum absolute atomic E-state index is 0.220. The number of guanidine groups is 1. The molecule has 1 amide bonds. The van der Waals surface area contributed by atoms with E-state index in [1.807, 2.05) is 4.90 Å². The number of fused-ring (bicyclic) bond motifs is 1. The zero-order chi connectivity index (χ0) is 20.1. The Morgan fingerprint density at radius 2 is 2.07 bits per heavy atom. The minimum atomic E-state index is 0.220. The maximum absolute atomic E-state index is 12.4. The van der Waals surface area contributed by atoms with Crippen molar-refractivity contribution in [2.45, 2.75) is 51.6 Å². The van der Waals surface area contributed by atoms with Crippen LogP contribution in [0.1, 0.15) is 44.0 Å². The molecule has 0 saturated carbocycles. The van der Waals surface area contributed by atoms with Gasteiger partial charge in [-0.15, -0.1) is 0 Å². The number of nitrogens with zero attached hydrogens (tertiary/aromatic N) is 5. The summed E-state index contributed by atoms with van der Waals surface area (Å²) >= 11 is 0. The molecule has 0 aromatic carbocycles. The van der Waals surface area contributed by atoms with Gasteiger partial charge in [0.25, 0.3) is 0 Å². The van der Waals surface area contributed by atoms with E-state index >= 15 is 0 Å². The first-order valence-electron chi connectivity index (χ1n) is 10.5. The largest absolute Gasteiger partial charge is 0.356 e. The monoisotopic (exact) mass is 389 g/mol. The third-order valence-corrected chi connectivity index (χ3v) is 5.68. The Morgan fingerprint density at radius 3 is 2.75 bits per heavy atom. The van der Waals surface area contributed by atoms with E-state index in [2.05, 4.69) is 52.3 Å². The highest BCUT2D eigenvalue weighted by molar-refractivity contribution is 5.81. The second kappa shape index (κ2) is 9.41. The van der Waals surface area contributed by atoms with Crippen molar-refractivity contribution < 1.29 is 4.79 Å². The lowest BCUT2D eigenvalue weighted by atomic mass is 9.94. The summed E-state index contributed by atoms with van der Waals surface area (Å²) < 4.78 is 2.06. The summed E-state index contributed by atoms with van der Waals surface area (Å²) in [7, 11) is 3.87. The number of carbonyl (C=O) groups excluding carboxylic acids is 1. The van der Waals surface area contributed by atoms with Crippen molar-refractivity contribution in [2.75, 3.05) is 46.8 Å². The summed E-state index contributed by atoms with van der Waals surface area (Å²) in [6.07, 6.45) is 5.71. The number of hydrogen-bond acceptors (Lipinski definition) is 4. The van der Waals surface area contributed by atoms with Crippen LogP contribution >= 0.6 is 0 Å². The quantitative estimate of drug-likeness (QED) is 0.571. The first kappa shape index (κ1) is 20.6. The van der Waals surface area contributed by atoms with E-state index in [1.54, 1.807) is 7.05 Å². The highest BCUT2D eigenvalue weighted by atomic mass is 16.2. The second-order valence-electron chi connectivity index (χ2n) is 8.19. The number of amides is 1. The number of aromatic nitrogens is 2. The van der Waals surface area contributed by atoms with Crippen molar-refractivity contribution in [1.82, 2.24) is 30.2 Å². The van der Waals surface area contributed by atoms with E-state index in [0.29, 0.717) is 25.0 Å². The lowest BCUT2D eigenvalue weighted by Gasteiger charge is -2.32. The smallest absolute Gasteiger partial charge is 0.224 e. The molecular formula is C20H35N7O. The van der Waals surface area contributed by atoms with Crippen molar-refractivity contribution in [2.24, 2.45) is 4.99 Å². The van der Waals surface area contributed by atoms with Gasteiger partial charge in [0, 0.05) is 70.9 Å². The Hall–Kier alpha value is -2.09. The van der Waals surface area contributed by atoms with Crippen molar-refractivity contribution >= 4 is 11.9 Å². The molecule has 8 heteroatoms. The topological polar surface area (TPSA) is 77.8 Å². The van der Waals surface area contributed by atoms with E-state index in [9.17, 15) is 4.79 Å². The van der Waals surface area contributed by atoms with Gasteiger partial charge in [0.05, 0.1) is 5.69 Å². The van der Waals surface area contributed by atoms with Gasteiger partial charge in [-0.3, -0.25) is 14.5 Å². The van der Waals surface area contributed by atoms with Crippen molar-refractivity contribution in [3.05, 3.63) is 17.5 Å². The zero-order valence-electron chi connectivity index (χ0n) is 17.7. The van der Waals surface area contributed by atoms with E-state index in [0.717, 1.165) is 51.4 Å². The van der Waals surface area contributed by atoms with E-state index < -0.39 is 0 Å². The molecule has 1 saturated heterocycles. The fourth-order valence-corrected chi connectivity index (χ4v) is 3.79. The molecule has 0 radical (unpaired) electrons. The SMILES string of the molecule is CN=C(NCCC(=O)N1CCN(C)CC1)NC1CCc2cn(C(C)C)nc2C1. The van der Waals surface area contributed by atoms with Crippen LogP contribution in [0.4, 0.5) is 0 Å². The highest BCUT2D eigenvalue weighted by Gasteiger charge is 2.23. The molecule has 2 heterocycles. The van der Waals surface area contributed by atoms with Crippen molar-refractivity contribution in [1.29, 1.82) is 0 Å². The number of aliphatic imine (C=N–C) groups is 1. The van der Waals surface area contributed by atoms with Gasteiger partial charge >= 0.3 is 0 Å². The van der Waals surface area contributed by atoms with Crippen LogP contribution in [0.3, 0.4) is 0 Å². The van der Waals surface area contributed by atoms with Gasteiger partial charge in [-0.25, -0.2) is 0 Å². The highest BCUT2D eigenvalue weighted by Crippen LogP contribution is 2.21. The lowest BCUT2D eigenvalue weighted by Crippen LogP contribution is -2.49. The summed E-state index contributed by atoms with van der Waals surface area (Å²) in [4.78, 5) is 20.9. The van der Waals surface area contributed by atoms with Crippen molar-refractivity contribution in [3.63, 3.8) is 0 Å². The van der Waals surface area contributed by atoms with Crippen LogP contribution in [0.15, 0.2) is 11.2 Å². The number of hydrogen-bond donors (Lipinski definition) is 2. The van der Waals surface area contributed by atoms with Gasteiger partial charge < -0.3 is 20.4 Å². The number of likely N-dealkylation sites (N-methyl/N-ethyl adjacent to an activating group) is 1. The fourth-order valence-electron chi connectivity index (χ4n) is 3.79. The van der Waals surface area contributed by atoms with Gasteiger partial charge in [-0.05, 0) is 39.3 Å². The average molecular weight is 390 g/mol. The average Bonchev–Trinajstić information content (AvgIpc) is 3.11. The Labute approximate surface area is 168 Å². The van der Waals surface area contributed by atoms with Gasteiger partial charge in [0.2, 0.25) is 5.91 Å². The zero-order valence-corrected chi connectivity index (χ0v) is 17.7. The summed E-state index contributed by atoms with van der Waals surface area (Å²) in [5.74, 6) is 0.987. The second-order valence-corrected chi connectivity index (χ2v) is 8.19. The molecule has 0 spiro atoms. The molecule has 1 aliphatic heterocycles. The van der Waals surface area contributed by atoms with E-state index in [4.69, 9.17) is 5.10 Å². The first-order chi connectivity index (χ1) is 13.5. The van der Waals surface area contributed by atoms with Gasteiger partial charge in [-0.1, -0.05) is 0 Å². The lowest BCUT2D eigenvalue weighted by molar-refractivity contribution is -0.132. The third kappa shape index (κ3) is 5.25. The molecule has 3 rings (SSSR count). The molecule has 1 aromatic heterocycles. The maximum atomic E-state index is 12.4. The minimum Gasteiger partial charge on any atom is -0.356 e. The third-order valence-electron chi connectivity index (χ3n) is 5.68. The van der Waals surface area contributed by atoms with Crippen LogP contribution in [-0.4, -0.2) is 84.3 Å². The van der Waals surface area contributed by atoms with Crippen molar-refractivity contribution in [3.8, 4) is 0 Å². The molecule has 2 aliphatic rings. The van der Waals surface area contributed by atoms with Crippen LogP contribution in [0, 0.1) is 0 Å². The number of carbonyl (C=O) groups is 1. The molecule has 156 valence electrons. The molecule has 0 bridgehead atoms. The maximum Gasteiger partial charge on any atom is 0.224 e. The standard InChI is InChI=1S/C20H35N7O/c1-15(2)27-14-16-5-6-17(13-18(16)24-27)23-20(21-3)22-8-7-19(28)26-11-9-25(4)10-12-26/h14-15,17H,5-13H2,1-4H3,(H2,21,22,23). The van der Waals surface area contributed by atoms with Gasteiger partial charge in [0.15, 0.2) is 5.96 Å². The van der Waals surface area contributed by atoms with E-state index in [1.165, 1.54) is 11.3 Å². The number of piperazine rings is 1. The number of aryl methyl sites for hydroxylation is 1. The summed E-state index contributed by atoms with van der Waals surface area (Å²) in [5.41, 5.74) is 2.56. The molecule has 1 aliphatic carbocycles. The number of nitrogens with one attached hydrogen (secondary N) is 2. The van der Waals surface area contributed by atoms with Gasteiger partial charge in [-0.2, -0.15) is 5.10 Å². The molecule has 1 aromatic rings. The Kier molecular flexibility index (Phi) is 6.93. The predicted octanol–water partition coefficient (Wildman–Crippen LogP) is 0.650. The number of rotatable bonds is 5. The molecule has 8 nitrogen and oxygen atoms in total. The predicted molar refractivity (Wildman–Crippen MR) is 112 cm³/mol. The summed E-state index contributed by atoms with van der Waals surface area (Å²) in [6.45, 7) is 8.49. The molecule has 28 heavy (non-hydrogen) atoms. The normalized spacial score (nSPS) is 21.0. The Bertz CT molecular complexity index is 689. The van der Waals surface area contributed by atoms with Crippen LogP contribution in [0.2, 0.25) is 0 Å². The molecule has 1 atom stereocenters. The fraction of sp³-hybridized carbons (Fsp3) is 0.750. The summed E-state index contributed by atoms with van der Waals surface area (Å²) in [6, 6.07) is 0.715. The first-order valence-corrected chi connectivity index (χ1v) is 10.5. The molecule has 2 N–H and O–H groups in total. The van der Waals surface area contributed by atoms with Crippen LogP contribution < -0.4 is 10.6 Å². The molecule has 1 unspecified atom stereocenters. The van der Waals surface area contributed by atoms with Crippen LogP contribution in [-0.2, 0) is 17.6 Å². The molecular weight excluding hydrogens is 354 g/mol. The van der Waals surface area contributed by atoms with Gasteiger partial charge in [0.1, 0.15) is 0 Å². The van der Waals surface area contributed by atoms with Crippen LogP contribution in [0.25, 0.3) is 0 Å². The summed E-state index contributed by atoms with van der Waals surface area (Å²) in [5, 5.41) is 11.5.